The van der Waals surface area contributed by atoms with Crippen LogP contribution in [0.4, 0.5) is 0 Å². The van der Waals surface area contributed by atoms with Gasteiger partial charge in [-0.1, -0.05) is 62.2 Å². The van der Waals surface area contributed by atoms with Gasteiger partial charge >= 0.3 is 0 Å². The van der Waals surface area contributed by atoms with E-state index in [1.165, 1.54) is 11.1 Å². The van der Waals surface area contributed by atoms with Crippen LogP contribution in [0, 0.1) is 0 Å². The average molecular weight is 382 g/mol. The van der Waals surface area contributed by atoms with Gasteiger partial charge in [0.05, 0.1) is 6.61 Å². The molecule has 0 aliphatic carbocycles. The van der Waals surface area contributed by atoms with Crippen molar-refractivity contribution in [1.29, 1.82) is 0 Å². The first-order valence-electron chi connectivity index (χ1n) is 6.37. The van der Waals surface area contributed by atoms with Crippen LogP contribution in [-0.4, -0.2) is 6.61 Å². The number of fused-ring (bicyclic) bond motifs is 1. The van der Waals surface area contributed by atoms with Crippen molar-refractivity contribution in [2.24, 2.45) is 0 Å². The number of halogens is 2. The van der Waals surface area contributed by atoms with E-state index < -0.39 is 0 Å². The molecule has 2 aromatic carbocycles. The number of ether oxygens (including phenoxy) is 1. The summed E-state index contributed by atoms with van der Waals surface area (Å²) in [5.74, 6) is 1.49. The van der Waals surface area contributed by atoms with Gasteiger partial charge in [0.2, 0.25) is 0 Å². The molecule has 3 heteroatoms. The monoisotopic (exact) mass is 380 g/mol. The van der Waals surface area contributed by atoms with Crippen LogP contribution in [-0.2, 0) is 0 Å². The standard InChI is InChI=1S/C16H14Br2O/c17-12-7-5-11(6-8-12)16(18)14-9-10-19-15-4-2-1-3-13(14)15/h1-8,14,16H,9-10H2. The molecule has 2 unspecified atom stereocenters. The number of benzene rings is 2. The molecule has 98 valence electrons. The first kappa shape index (κ1) is 13.2. The fraction of sp³-hybridized carbons (Fsp3) is 0.250. The van der Waals surface area contributed by atoms with Crippen LogP contribution >= 0.6 is 31.9 Å². The van der Waals surface area contributed by atoms with Gasteiger partial charge in [-0.15, -0.1) is 0 Å². The number of alkyl halides is 1. The van der Waals surface area contributed by atoms with Crippen molar-refractivity contribution in [2.75, 3.05) is 6.61 Å². The lowest BCUT2D eigenvalue weighted by Gasteiger charge is -2.29. The summed E-state index contributed by atoms with van der Waals surface area (Å²) in [6.45, 7) is 0.792. The second-order valence-electron chi connectivity index (χ2n) is 4.73. The van der Waals surface area contributed by atoms with Crippen molar-refractivity contribution >= 4 is 31.9 Å². The average Bonchev–Trinajstić information content (AvgIpc) is 2.47. The third-order valence-electron chi connectivity index (χ3n) is 3.55. The number of hydrogen-bond donors (Lipinski definition) is 0. The maximum atomic E-state index is 5.73. The minimum absolute atomic E-state index is 0.325. The Balaban J connectivity index is 1.92. The van der Waals surface area contributed by atoms with Crippen LogP contribution in [0.3, 0.4) is 0 Å². The Labute approximate surface area is 130 Å². The van der Waals surface area contributed by atoms with Crippen LogP contribution in [0.25, 0.3) is 0 Å². The highest BCUT2D eigenvalue weighted by Gasteiger charge is 2.28. The zero-order valence-corrected chi connectivity index (χ0v) is 13.5. The number of rotatable bonds is 2. The molecule has 1 aliphatic heterocycles. The molecule has 1 heterocycles. The molecule has 1 aliphatic rings. The van der Waals surface area contributed by atoms with E-state index in [0.29, 0.717) is 10.7 Å². The predicted molar refractivity (Wildman–Crippen MR) is 85.1 cm³/mol. The zero-order chi connectivity index (χ0) is 13.2. The molecule has 0 saturated carbocycles. The van der Waals surface area contributed by atoms with Gasteiger partial charge in [-0.3, -0.25) is 0 Å². The topological polar surface area (TPSA) is 9.23 Å². The van der Waals surface area contributed by atoms with Gasteiger partial charge in [0.15, 0.2) is 0 Å². The van der Waals surface area contributed by atoms with Crippen LogP contribution in [0.1, 0.15) is 28.3 Å². The third kappa shape index (κ3) is 2.72. The van der Waals surface area contributed by atoms with Crippen LogP contribution < -0.4 is 4.74 Å². The van der Waals surface area contributed by atoms with Crippen LogP contribution in [0.15, 0.2) is 53.0 Å². The van der Waals surface area contributed by atoms with Crippen molar-refractivity contribution < 1.29 is 4.74 Å². The Morgan fingerprint density at radius 2 is 1.79 bits per heavy atom. The number of hydrogen-bond acceptors (Lipinski definition) is 1. The van der Waals surface area contributed by atoms with Crippen molar-refractivity contribution in [3.63, 3.8) is 0 Å². The summed E-state index contributed by atoms with van der Waals surface area (Å²) in [6, 6.07) is 16.9. The highest BCUT2D eigenvalue weighted by Crippen LogP contribution is 2.45. The van der Waals surface area contributed by atoms with Gasteiger partial charge in [0.1, 0.15) is 5.75 Å². The zero-order valence-electron chi connectivity index (χ0n) is 10.4. The molecule has 19 heavy (non-hydrogen) atoms. The van der Waals surface area contributed by atoms with Gasteiger partial charge in [0.25, 0.3) is 0 Å². The Morgan fingerprint density at radius 3 is 2.58 bits per heavy atom. The third-order valence-corrected chi connectivity index (χ3v) is 5.24. The van der Waals surface area contributed by atoms with Gasteiger partial charge in [-0.05, 0) is 35.7 Å². The molecule has 0 amide bonds. The van der Waals surface area contributed by atoms with E-state index in [9.17, 15) is 0 Å². The minimum atomic E-state index is 0.325. The lowest BCUT2D eigenvalue weighted by molar-refractivity contribution is 0.266. The van der Waals surface area contributed by atoms with Crippen molar-refractivity contribution in [3.05, 3.63) is 64.1 Å². The lowest BCUT2D eigenvalue weighted by atomic mass is 9.87. The minimum Gasteiger partial charge on any atom is -0.493 e. The van der Waals surface area contributed by atoms with E-state index in [0.717, 1.165) is 23.2 Å². The molecular weight excluding hydrogens is 368 g/mol. The van der Waals surface area contributed by atoms with Crippen molar-refractivity contribution in [2.45, 2.75) is 17.2 Å². The fourth-order valence-electron chi connectivity index (χ4n) is 2.55. The van der Waals surface area contributed by atoms with Crippen molar-refractivity contribution in [1.82, 2.24) is 0 Å². The summed E-state index contributed by atoms with van der Waals surface area (Å²) < 4.78 is 6.84. The molecule has 0 radical (unpaired) electrons. The summed E-state index contributed by atoms with van der Waals surface area (Å²) in [7, 11) is 0. The van der Waals surface area contributed by atoms with Gasteiger partial charge in [-0.2, -0.15) is 0 Å². The Bertz CT molecular complexity index is 565. The first-order chi connectivity index (χ1) is 9.25. The number of para-hydroxylation sites is 1. The summed E-state index contributed by atoms with van der Waals surface area (Å²) in [5, 5.41) is 0. The van der Waals surface area contributed by atoms with E-state index in [-0.39, 0.29) is 0 Å². The van der Waals surface area contributed by atoms with Gasteiger partial charge in [-0.25, -0.2) is 0 Å². The molecular formula is C16H14Br2O. The lowest BCUT2D eigenvalue weighted by Crippen LogP contribution is -2.17. The molecule has 3 rings (SSSR count). The van der Waals surface area contributed by atoms with E-state index in [1.54, 1.807) is 0 Å². The fourth-order valence-corrected chi connectivity index (χ4v) is 3.67. The van der Waals surface area contributed by atoms with Crippen LogP contribution in [0.2, 0.25) is 0 Å². The summed E-state index contributed by atoms with van der Waals surface area (Å²) >= 11 is 7.35. The molecule has 0 N–H and O–H groups in total. The molecule has 0 aromatic heterocycles. The molecule has 0 bridgehead atoms. The highest BCUT2D eigenvalue weighted by molar-refractivity contribution is 9.10. The smallest absolute Gasteiger partial charge is 0.122 e. The Kier molecular flexibility index (Phi) is 3.94. The largest absolute Gasteiger partial charge is 0.493 e. The maximum Gasteiger partial charge on any atom is 0.122 e. The van der Waals surface area contributed by atoms with E-state index in [1.807, 2.05) is 6.07 Å². The second-order valence-corrected chi connectivity index (χ2v) is 6.64. The van der Waals surface area contributed by atoms with E-state index in [2.05, 4.69) is 74.3 Å². The molecule has 0 saturated heterocycles. The molecule has 1 nitrogen and oxygen atoms in total. The second kappa shape index (κ2) is 5.68. The molecule has 2 atom stereocenters. The summed E-state index contributed by atoms with van der Waals surface area (Å²) in [6.07, 6.45) is 1.04. The first-order valence-corrected chi connectivity index (χ1v) is 8.08. The quantitative estimate of drug-likeness (QED) is 0.628. The van der Waals surface area contributed by atoms with E-state index in [4.69, 9.17) is 4.74 Å². The molecule has 0 fully saturated rings. The van der Waals surface area contributed by atoms with Crippen molar-refractivity contribution in [3.8, 4) is 5.75 Å². The Morgan fingerprint density at radius 1 is 1.05 bits per heavy atom. The normalized spacial score (nSPS) is 19.4. The van der Waals surface area contributed by atoms with Crippen LogP contribution in [0.5, 0.6) is 5.75 Å². The maximum absolute atomic E-state index is 5.73. The van der Waals surface area contributed by atoms with Gasteiger partial charge < -0.3 is 4.74 Å². The van der Waals surface area contributed by atoms with E-state index >= 15 is 0 Å². The Hall–Kier alpha value is -0.800. The summed E-state index contributed by atoms with van der Waals surface area (Å²) in [5.41, 5.74) is 2.61. The molecule has 0 spiro atoms. The predicted octanol–water partition coefficient (Wildman–Crippen LogP) is 5.45. The summed E-state index contributed by atoms with van der Waals surface area (Å²) in [4.78, 5) is 0.325. The SMILES string of the molecule is Brc1ccc(C(Br)C2CCOc3ccccc32)cc1. The highest BCUT2D eigenvalue weighted by atomic mass is 79.9. The molecule has 2 aromatic rings. The van der Waals surface area contributed by atoms with Gasteiger partial charge in [0, 0.05) is 15.2 Å².